The minimum absolute atomic E-state index is 0.0430. The maximum atomic E-state index is 12.1. The van der Waals surface area contributed by atoms with Crippen LogP contribution in [0.15, 0.2) is 4.52 Å². The maximum Gasteiger partial charge on any atom is 0.315 e. The number of alkyl halides is 2. The predicted octanol–water partition coefficient (Wildman–Crippen LogP) is 1.43. The second-order valence-corrected chi connectivity index (χ2v) is 2.97. The molecule has 86 valence electrons. The van der Waals surface area contributed by atoms with Gasteiger partial charge in [0.25, 0.3) is 5.89 Å². The first-order valence-corrected chi connectivity index (χ1v) is 4.60. The molecule has 1 aromatic rings. The summed E-state index contributed by atoms with van der Waals surface area (Å²) in [5.41, 5.74) is 5.59. The van der Waals surface area contributed by atoms with Gasteiger partial charge in [0.15, 0.2) is 5.82 Å². The van der Waals surface area contributed by atoms with Crippen LogP contribution >= 0.6 is 0 Å². The molecule has 0 radical (unpaired) electrons. The summed E-state index contributed by atoms with van der Waals surface area (Å²) < 4.78 is 33.6. The van der Waals surface area contributed by atoms with Crippen molar-refractivity contribution < 1.29 is 18.0 Å². The minimum Gasteiger partial charge on any atom is -0.379 e. The van der Waals surface area contributed by atoms with E-state index in [1.165, 1.54) is 0 Å². The topological polar surface area (TPSA) is 74.2 Å². The lowest BCUT2D eigenvalue weighted by atomic mass is 10.3. The summed E-state index contributed by atoms with van der Waals surface area (Å²) in [6.45, 7) is 2.71. The molecule has 1 aromatic heterocycles. The van der Waals surface area contributed by atoms with E-state index in [0.717, 1.165) is 6.42 Å². The smallest absolute Gasteiger partial charge is 0.315 e. The first-order chi connectivity index (χ1) is 7.15. The Hall–Kier alpha value is -1.08. The lowest BCUT2D eigenvalue weighted by Gasteiger charge is -2.06. The van der Waals surface area contributed by atoms with Gasteiger partial charge in [-0.2, -0.15) is 13.8 Å². The number of nitrogens with zero attached hydrogens (tertiary/aromatic N) is 2. The van der Waals surface area contributed by atoms with E-state index in [0.29, 0.717) is 6.61 Å². The summed E-state index contributed by atoms with van der Waals surface area (Å²) in [6.07, 6.45) is -1.91. The van der Waals surface area contributed by atoms with Crippen LogP contribution in [0.4, 0.5) is 8.78 Å². The number of rotatable bonds is 6. The SMILES string of the molecule is CCCOCC(N)c1noc(C(F)F)n1. The van der Waals surface area contributed by atoms with Gasteiger partial charge in [0.2, 0.25) is 0 Å². The van der Waals surface area contributed by atoms with Crippen molar-refractivity contribution in [2.45, 2.75) is 25.8 Å². The van der Waals surface area contributed by atoms with Crippen LogP contribution in [-0.2, 0) is 4.74 Å². The molecule has 0 aliphatic carbocycles. The largest absolute Gasteiger partial charge is 0.379 e. The molecular formula is C8H13F2N3O2. The molecule has 15 heavy (non-hydrogen) atoms. The van der Waals surface area contributed by atoms with Gasteiger partial charge in [0.05, 0.1) is 12.6 Å². The van der Waals surface area contributed by atoms with E-state index < -0.39 is 18.4 Å². The Balaban J connectivity index is 2.47. The van der Waals surface area contributed by atoms with E-state index >= 15 is 0 Å². The van der Waals surface area contributed by atoms with Gasteiger partial charge in [-0.1, -0.05) is 12.1 Å². The zero-order valence-electron chi connectivity index (χ0n) is 8.32. The van der Waals surface area contributed by atoms with Gasteiger partial charge >= 0.3 is 6.43 Å². The van der Waals surface area contributed by atoms with Crippen LogP contribution in [-0.4, -0.2) is 23.4 Å². The quantitative estimate of drug-likeness (QED) is 0.735. The predicted molar refractivity (Wildman–Crippen MR) is 47.3 cm³/mol. The van der Waals surface area contributed by atoms with Crippen LogP contribution in [0.5, 0.6) is 0 Å². The molecule has 0 saturated carbocycles. The van der Waals surface area contributed by atoms with Gasteiger partial charge in [0, 0.05) is 6.61 Å². The van der Waals surface area contributed by atoms with E-state index in [2.05, 4.69) is 14.7 Å². The highest BCUT2D eigenvalue weighted by Crippen LogP contribution is 2.17. The van der Waals surface area contributed by atoms with Crippen molar-refractivity contribution in [3.05, 3.63) is 11.7 Å². The zero-order valence-corrected chi connectivity index (χ0v) is 8.32. The van der Waals surface area contributed by atoms with Gasteiger partial charge in [0.1, 0.15) is 0 Å². The molecule has 1 heterocycles. The van der Waals surface area contributed by atoms with Gasteiger partial charge in [-0.3, -0.25) is 0 Å². The number of aromatic nitrogens is 2. The average molecular weight is 221 g/mol. The molecule has 5 nitrogen and oxygen atoms in total. The molecule has 1 unspecified atom stereocenters. The fourth-order valence-corrected chi connectivity index (χ4v) is 0.916. The Morgan fingerprint density at radius 1 is 1.53 bits per heavy atom. The monoisotopic (exact) mass is 221 g/mol. The molecule has 0 fully saturated rings. The Bertz CT molecular complexity index is 293. The van der Waals surface area contributed by atoms with Crippen molar-refractivity contribution in [2.75, 3.05) is 13.2 Å². The molecular weight excluding hydrogens is 208 g/mol. The van der Waals surface area contributed by atoms with Crippen LogP contribution in [0.3, 0.4) is 0 Å². The average Bonchev–Trinajstić information content (AvgIpc) is 2.66. The molecule has 0 aliphatic rings. The van der Waals surface area contributed by atoms with Crippen molar-refractivity contribution in [1.29, 1.82) is 0 Å². The lowest BCUT2D eigenvalue weighted by Crippen LogP contribution is -2.18. The maximum absolute atomic E-state index is 12.1. The highest BCUT2D eigenvalue weighted by Gasteiger charge is 2.19. The summed E-state index contributed by atoms with van der Waals surface area (Å²) >= 11 is 0. The molecule has 7 heteroatoms. The van der Waals surface area contributed by atoms with Crippen molar-refractivity contribution in [3.63, 3.8) is 0 Å². The number of ether oxygens (including phenoxy) is 1. The zero-order chi connectivity index (χ0) is 11.3. The molecule has 0 saturated heterocycles. The third kappa shape index (κ3) is 3.52. The van der Waals surface area contributed by atoms with Gasteiger partial charge in [-0.25, -0.2) is 0 Å². The van der Waals surface area contributed by atoms with E-state index in [1.54, 1.807) is 0 Å². The fourth-order valence-electron chi connectivity index (χ4n) is 0.916. The van der Waals surface area contributed by atoms with Crippen LogP contribution in [0.2, 0.25) is 0 Å². The van der Waals surface area contributed by atoms with E-state index in [4.69, 9.17) is 10.5 Å². The van der Waals surface area contributed by atoms with Crippen LogP contribution < -0.4 is 5.73 Å². The Labute approximate surface area is 85.6 Å². The molecule has 0 amide bonds. The standard InChI is InChI=1S/C8H13F2N3O2/c1-2-3-14-4-5(11)7-12-8(6(9)10)15-13-7/h5-6H,2-4,11H2,1H3. The molecule has 1 rings (SSSR count). The number of hydrogen-bond donors (Lipinski definition) is 1. The van der Waals surface area contributed by atoms with Gasteiger partial charge in [-0.15, -0.1) is 0 Å². The highest BCUT2D eigenvalue weighted by molar-refractivity contribution is 4.93. The molecule has 0 aliphatic heterocycles. The van der Waals surface area contributed by atoms with Crippen LogP contribution in [0.1, 0.15) is 37.5 Å². The first-order valence-electron chi connectivity index (χ1n) is 4.60. The van der Waals surface area contributed by atoms with Crippen molar-refractivity contribution in [2.24, 2.45) is 5.73 Å². The third-order valence-corrected chi connectivity index (χ3v) is 1.62. The normalized spacial score (nSPS) is 13.4. The van der Waals surface area contributed by atoms with E-state index in [1.807, 2.05) is 6.92 Å². The highest BCUT2D eigenvalue weighted by atomic mass is 19.3. The summed E-state index contributed by atoms with van der Waals surface area (Å²) in [5.74, 6) is -0.669. The van der Waals surface area contributed by atoms with Crippen molar-refractivity contribution in [3.8, 4) is 0 Å². The molecule has 0 spiro atoms. The van der Waals surface area contributed by atoms with Gasteiger partial charge < -0.3 is 15.0 Å². The molecule has 0 aromatic carbocycles. The number of hydrogen-bond acceptors (Lipinski definition) is 5. The molecule has 0 bridgehead atoms. The summed E-state index contributed by atoms with van der Waals surface area (Å²) in [6, 6.07) is -0.632. The fraction of sp³-hybridized carbons (Fsp3) is 0.750. The van der Waals surface area contributed by atoms with Crippen molar-refractivity contribution >= 4 is 0 Å². The van der Waals surface area contributed by atoms with E-state index in [-0.39, 0.29) is 12.4 Å². The van der Waals surface area contributed by atoms with Crippen LogP contribution in [0, 0.1) is 0 Å². The third-order valence-electron chi connectivity index (χ3n) is 1.62. The molecule has 1 atom stereocenters. The summed E-state index contributed by atoms with van der Waals surface area (Å²) in [5, 5.41) is 3.34. The Morgan fingerprint density at radius 2 is 2.27 bits per heavy atom. The second-order valence-electron chi connectivity index (χ2n) is 2.97. The second kappa shape index (κ2) is 5.72. The number of halogens is 2. The summed E-state index contributed by atoms with van der Waals surface area (Å²) in [7, 11) is 0. The number of nitrogens with two attached hydrogens (primary N) is 1. The first kappa shape index (κ1) is 12.0. The summed E-state index contributed by atoms with van der Waals surface area (Å²) in [4.78, 5) is 3.46. The molecule has 2 N–H and O–H groups in total. The van der Waals surface area contributed by atoms with E-state index in [9.17, 15) is 8.78 Å². The van der Waals surface area contributed by atoms with Gasteiger partial charge in [-0.05, 0) is 6.42 Å². The lowest BCUT2D eigenvalue weighted by molar-refractivity contribution is 0.106. The Kier molecular flexibility index (Phi) is 4.57. The van der Waals surface area contributed by atoms with Crippen LogP contribution in [0.25, 0.3) is 0 Å². The van der Waals surface area contributed by atoms with Crippen molar-refractivity contribution in [1.82, 2.24) is 10.1 Å². The minimum atomic E-state index is -2.77. The Morgan fingerprint density at radius 3 is 2.80 bits per heavy atom.